The SMILES string of the molecule is CCOC(=O)C1(c2ccc(-c3ccc(-c4onc(C)c4CC(F)(F)/C=C(\O)c4ccccc4)cc3)cc2)CC1. The van der Waals surface area contributed by atoms with Gasteiger partial charge in [0.1, 0.15) is 5.76 Å². The summed E-state index contributed by atoms with van der Waals surface area (Å²) >= 11 is 0. The predicted octanol–water partition coefficient (Wildman–Crippen LogP) is 7.69. The molecule has 0 amide bonds. The maximum absolute atomic E-state index is 15.0. The van der Waals surface area contributed by atoms with Gasteiger partial charge in [-0.15, -0.1) is 0 Å². The van der Waals surface area contributed by atoms with Crippen LogP contribution in [0.2, 0.25) is 0 Å². The Bertz CT molecular complexity index is 1490. The van der Waals surface area contributed by atoms with Crippen molar-refractivity contribution in [3.05, 3.63) is 107 Å². The highest BCUT2D eigenvalue weighted by Gasteiger charge is 2.52. The van der Waals surface area contributed by atoms with Gasteiger partial charge >= 0.3 is 5.97 Å². The minimum Gasteiger partial charge on any atom is -0.507 e. The fraction of sp³-hybridized carbons (Fsp3) is 0.250. The first kappa shape index (κ1) is 26.4. The van der Waals surface area contributed by atoms with Gasteiger partial charge in [-0.05, 0) is 43.4 Å². The van der Waals surface area contributed by atoms with E-state index in [0.717, 1.165) is 29.5 Å². The smallest absolute Gasteiger partial charge is 0.316 e. The van der Waals surface area contributed by atoms with Gasteiger partial charge in [0, 0.05) is 29.2 Å². The lowest BCUT2D eigenvalue weighted by Gasteiger charge is -2.15. The predicted molar refractivity (Wildman–Crippen MR) is 145 cm³/mol. The summed E-state index contributed by atoms with van der Waals surface area (Å²) in [6.07, 6.45) is 1.48. The van der Waals surface area contributed by atoms with E-state index < -0.39 is 23.5 Å². The molecule has 1 aliphatic rings. The van der Waals surface area contributed by atoms with Crippen LogP contribution in [0.15, 0.2) is 89.5 Å². The van der Waals surface area contributed by atoms with Crippen LogP contribution in [0.5, 0.6) is 0 Å². The minimum atomic E-state index is -3.32. The topological polar surface area (TPSA) is 72.6 Å². The molecule has 0 spiro atoms. The van der Waals surface area contributed by atoms with Gasteiger partial charge in [0.15, 0.2) is 5.76 Å². The van der Waals surface area contributed by atoms with Crippen LogP contribution in [0.4, 0.5) is 8.78 Å². The Morgan fingerprint density at radius 2 is 1.59 bits per heavy atom. The largest absolute Gasteiger partial charge is 0.507 e. The monoisotopic (exact) mass is 529 g/mol. The van der Waals surface area contributed by atoms with Crippen LogP contribution < -0.4 is 0 Å². The van der Waals surface area contributed by atoms with Crippen molar-refractivity contribution >= 4 is 11.7 Å². The number of esters is 1. The van der Waals surface area contributed by atoms with Crippen molar-refractivity contribution in [2.45, 2.75) is 44.4 Å². The number of allylic oxidation sites excluding steroid dienone is 1. The molecule has 5 nitrogen and oxygen atoms in total. The molecule has 1 N–H and O–H groups in total. The van der Waals surface area contributed by atoms with Gasteiger partial charge in [0.05, 0.1) is 17.7 Å². The number of carbonyl (C=O) groups excluding carboxylic acids is 1. The molecule has 0 radical (unpaired) electrons. The van der Waals surface area contributed by atoms with E-state index >= 15 is 0 Å². The second-order valence-corrected chi connectivity index (χ2v) is 9.87. The van der Waals surface area contributed by atoms with Gasteiger partial charge in [0.2, 0.25) is 0 Å². The van der Waals surface area contributed by atoms with Crippen LogP contribution in [0.25, 0.3) is 28.2 Å². The highest BCUT2D eigenvalue weighted by molar-refractivity contribution is 5.87. The molecule has 1 fully saturated rings. The Hall–Kier alpha value is -4.26. The third-order valence-corrected chi connectivity index (χ3v) is 7.15. The summed E-state index contributed by atoms with van der Waals surface area (Å²) < 4.78 is 40.6. The number of aliphatic hydroxyl groups excluding tert-OH is 1. The molecule has 0 aliphatic heterocycles. The van der Waals surface area contributed by atoms with Gasteiger partial charge in [-0.25, -0.2) is 8.78 Å². The molecule has 39 heavy (non-hydrogen) atoms. The van der Waals surface area contributed by atoms with E-state index in [-0.39, 0.29) is 17.3 Å². The van der Waals surface area contributed by atoms with E-state index in [9.17, 15) is 18.7 Å². The summed E-state index contributed by atoms with van der Waals surface area (Å²) in [5, 5.41) is 14.1. The van der Waals surface area contributed by atoms with Crippen molar-refractivity contribution < 1.29 is 27.9 Å². The van der Waals surface area contributed by atoms with E-state index in [1.807, 2.05) is 55.5 Å². The first-order valence-electron chi connectivity index (χ1n) is 12.9. The third-order valence-electron chi connectivity index (χ3n) is 7.15. The molecule has 4 aromatic rings. The summed E-state index contributed by atoms with van der Waals surface area (Å²) in [4.78, 5) is 12.4. The lowest BCUT2D eigenvalue weighted by molar-refractivity contribution is -0.146. The summed E-state index contributed by atoms with van der Waals surface area (Å²) in [5.74, 6) is -3.71. The van der Waals surface area contributed by atoms with Crippen molar-refractivity contribution in [3.8, 4) is 22.5 Å². The average molecular weight is 530 g/mol. The lowest BCUT2D eigenvalue weighted by Crippen LogP contribution is -2.23. The van der Waals surface area contributed by atoms with Crippen LogP contribution in [-0.4, -0.2) is 28.8 Å². The number of rotatable bonds is 9. The van der Waals surface area contributed by atoms with E-state index in [1.54, 1.807) is 37.3 Å². The zero-order chi connectivity index (χ0) is 27.6. The number of aliphatic hydroxyl groups is 1. The molecule has 200 valence electrons. The molecule has 7 heteroatoms. The Labute approximate surface area is 225 Å². The number of aromatic nitrogens is 1. The molecule has 3 aromatic carbocycles. The molecule has 0 unspecified atom stereocenters. The number of hydrogen-bond donors (Lipinski definition) is 1. The number of halogens is 2. The Kier molecular flexibility index (Phi) is 7.08. The standard InChI is InChI=1S/C32H29F2NO4/c1-3-38-30(37)31(17-18-31)26-15-13-23(14-16-26)22-9-11-25(12-10-22)29-27(21(2)35-39-29)19-32(33,34)20-28(36)24-7-5-4-6-8-24/h4-16,20,36H,3,17-19H2,1-2H3/b28-20-. The van der Waals surface area contributed by atoms with Gasteiger partial charge in [-0.1, -0.05) is 84.0 Å². The molecule has 1 aliphatic carbocycles. The number of aryl methyl sites for hydroxylation is 1. The molecule has 1 heterocycles. The minimum absolute atomic E-state index is 0.170. The van der Waals surface area contributed by atoms with Gasteiger partial charge in [-0.3, -0.25) is 4.79 Å². The van der Waals surface area contributed by atoms with E-state index in [1.165, 1.54) is 0 Å². The van der Waals surface area contributed by atoms with E-state index in [0.29, 0.717) is 29.5 Å². The van der Waals surface area contributed by atoms with Crippen molar-refractivity contribution in [1.82, 2.24) is 5.16 Å². The zero-order valence-electron chi connectivity index (χ0n) is 21.8. The highest BCUT2D eigenvalue weighted by Crippen LogP contribution is 2.49. The van der Waals surface area contributed by atoms with Crippen molar-refractivity contribution in [3.63, 3.8) is 0 Å². The molecular formula is C32H29F2NO4. The van der Waals surface area contributed by atoms with Crippen LogP contribution in [0.1, 0.15) is 42.1 Å². The maximum atomic E-state index is 15.0. The quantitative estimate of drug-likeness (QED) is 0.178. The number of benzene rings is 3. The number of carbonyl (C=O) groups is 1. The van der Waals surface area contributed by atoms with Gasteiger partial charge < -0.3 is 14.4 Å². The van der Waals surface area contributed by atoms with Crippen molar-refractivity contribution in [2.24, 2.45) is 0 Å². The van der Waals surface area contributed by atoms with E-state index in [4.69, 9.17) is 9.26 Å². The summed E-state index contributed by atoms with van der Waals surface area (Å²) in [7, 11) is 0. The molecule has 5 rings (SSSR count). The van der Waals surface area contributed by atoms with Crippen molar-refractivity contribution in [2.75, 3.05) is 6.61 Å². The lowest BCUT2D eigenvalue weighted by atomic mass is 9.93. The van der Waals surface area contributed by atoms with Crippen molar-refractivity contribution in [1.29, 1.82) is 0 Å². The van der Waals surface area contributed by atoms with Crippen LogP contribution in [0, 0.1) is 6.92 Å². The molecular weight excluding hydrogens is 500 g/mol. The first-order valence-corrected chi connectivity index (χ1v) is 12.9. The average Bonchev–Trinajstić information content (AvgIpc) is 3.68. The molecule has 0 bridgehead atoms. The summed E-state index contributed by atoms with van der Waals surface area (Å²) in [6.45, 7) is 3.79. The maximum Gasteiger partial charge on any atom is 0.316 e. The molecule has 0 atom stereocenters. The Morgan fingerprint density at radius 3 is 2.18 bits per heavy atom. The normalized spacial score (nSPS) is 14.7. The summed E-state index contributed by atoms with van der Waals surface area (Å²) in [5.41, 5.74) is 3.92. The number of alkyl halides is 2. The number of hydrogen-bond acceptors (Lipinski definition) is 5. The molecule has 0 saturated heterocycles. The highest BCUT2D eigenvalue weighted by atomic mass is 19.3. The Morgan fingerprint density at radius 1 is 1.00 bits per heavy atom. The van der Waals surface area contributed by atoms with Crippen LogP contribution in [0.3, 0.4) is 0 Å². The van der Waals surface area contributed by atoms with Crippen LogP contribution >= 0.6 is 0 Å². The second kappa shape index (κ2) is 10.5. The zero-order valence-corrected chi connectivity index (χ0v) is 21.8. The van der Waals surface area contributed by atoms with Gasteiger partial charge in [-0.2, -0.15) is 0 Å². The fourth-order valence-corrected chi connectivity index (χ4v) is 4.80. The second-order valence-electron chi connectivity index (χ2n) is 9.87. The molecule has 1 aromatic heterocycles. The number of nitrogens with zero attached hydrogens (tertiary/aromatic N) is 1. The first-order chi connectivity index (χ1) is 18.7. The number of ether oxygens (including phenoxy) is 1. The summed E-state index contributed by atoms with van der Waals surface area (Å²) in [6, 6.07) is 23.5. The molecule has 1 saturated carbocycles. The third kappa shape index (κ3) is 5.48. The van der Waals surface area contributed by atoms with Crippen LogP contribution in [-0.2, 0) is 21.4 Å². The van der Waals surface area contributed by atoms with Gasteiger partial charge in [0.25, 0.3) is 5.92 Å². The van der Waals surface area contributed by atoms with E-state index in [2.05, 4.69) is 5.16 Å². The fourth-order valence-electron chi connectivity index (χ4n) is 4.80. The Balaban J connectivity index is 1.34.